The molecular weight excluding hydrogens is 354 g/mol. The first-order valence-corrected chi connectivity index (χ1v) is 8.60. The molecule has 7 heteroatoms. The van der Waals surface area contributed by atoms with Crippen molar-refractivity contribution in [1.29, 1.82) is 0 Å². The minimum atomic E-state index is -0.480. The summed E-state index contributed by atoms with van der Waals surface area (Å²) in [5, 5.41) is 17.2. The largest absolute Gasteiger partial charge is 0.493 e. The maximum Gasteiger partial charge on any atom is 0.259 e. The van der Waals surface area contributed by atoms with Crippen LogP contribution < -0.4 is 5.32 Å². The predicted octanol–water partition coefficient (Wildman–Crippen LogP) is 2.69. The molecule has 1 atom stereocenters. The van der Waals surface area contributed by atoms with Gasteiger partial charge >= 0.3 is 0 Å². The molecule has 1 radical (unpaired) electrons. The van der Waals surface area contributed by atoms with Crippen molar-refractivity contribution in [2.24, 2.45) is 0 Å². The van der Waals surface area contributed by atoms with Crippen LogP contribution >= 0.6 is 0 Å². The lowest BCUT2D eigenvalue weighted by molar-refractivity contribution is 0.0939. The molecule has 2 heterocycles. The highest BCUT2D eigenvalue weighted by atomic mass is 16.3. The molecule has 0 unspecified atom stereocenters. The van der Waals surface area contributed by atoms with Crippen molar-refractivity contribution in [3.05, 3.63) is 102 Å². The van der Waals surface area contributed by atoms with Crippen molar-refractivity contribution in [2.75, 3.05) is 0 Å². The molecule has 28 heavy (non-hydrogen) atoms. The molecule has 0 aliphatic carbocycles. The lowest BCUT2D eigenvalue weighted by Gasteiger charge is -2.20. The summed E-state index contributed by atoms with van der Waals surface area (Å²) in [6.07, 6.45) is 4.50. The minimum absolute atomic E-state index is 0.0145. The van der Waals surface area contributed by atoms with Gasteiger partial charge in [0.05, 0.1) is 6.04 Å². The van der Waals surface area contributed by atoms with Crippen LogP contribution in [-0.2, 0) is 0 Å². The summed E-state index contributed by atoms with van der Waals surface area (Å²) >= 11 is 0. The smallest absolute Gasteiger partial charge is 0.259 e. The Hall–Kier alpha value is -4.00. The topological polar surface area (TPSA) is 92.9 Å². The van der Waals surface area contributed by atoms with Gasteiger partial charge < -0.3 is 10.4 Å². The average Bonchev–Trinajstić information content (AvgIpc) is 3.28. The van der Waals surface area contributed by atoms with Crippen LogP contribution in [0.3, 0.4) is 0 Å². The van der Waals surface area contributed by atoms with E-state index in [0.29, 0.717) is 0 Å². The third-order valence-corrected chi connectivity index (χ3v) is 4.20. The summed E-state index contributed by atoms with van der Waals surface area (Å²) in [5.41, 5.74) is 1.79. The van der Waals surface area contributed by atoms with Crippen molar-refractivity contribution in [1.82, 2.24) is 25.1 Å². The summed E-state index contributed by atoms with van der Waals surface area (Å²) in [4.78, 5) is 20.9. The number of hydrogen-bond acceptors (Lipinski definition) is 5. The fourth-order valence-electron chi connectivity index (χ4n) is 2.83. The van der Waals surface area contributed by atoms with Crippen molar-refractivity contribution < 1.29 is 9.90 Å². The van der Waals surface area contributed by atoms with Gasteiger partial charge in [-0.3, -0.25) is 4.79 Å². The molecule has 0 fully saturated rings. The highest BCUT2D eigenvalue weighted by Gasteiger charge is 2.21. The zero-order valence-electron chi connectivity index (χ0n) is 14.7. The van der Waals surface area contributed by atoms with E-state index < -0.39 is 17.8 Å². The lowest BCUT2D eigenvalue weighted by Crippen LogP contribution is -2.29. The van der Waals surface area contributed by atoms with E-state index in [9.17, 15) is 9.90 Å². The number of carbonyl (C=O) groups excluding carboxylic acids is 1. The highest BCUT2D eigenvalue weighted by Crippen LogP contribution is 2.23. The normalized spacial score (nSPS) is 10.8. The van der Waals surface area contributed by atoms with E-state index in [1.54, 1.807) is 30.6 Å². The van der Waals surface area contributed by atoms with Crippen LogP contribution in [-0.4, -0.2) is 30.8 Å². The van der Waals surface area contributed by atoms with Crippen molar-refractivity contribution >= 4 is 5.91 Å². The zero-order chi connectivity index (χ0) is 19.3. The van der Waals surface area contributed by atoms with E-state index in [1.807, 2.05) is 42.5 Å². The molecule has 2 N–H and O–H groups in total. The maximum absolute atomic E-state index is 12.8. The van der Waals surface area contributed by atoms with Gasteiger partial charge in [-0.2, -0.15) is 10.1 Å². The Morgan fingerprint density at radius 3 is 2.50 bits per heavy atom. The third-order valence-electron chi connectivity index (χ3n) is 4.20. The van der Waals surface area contributed by atoms with Crippen LogP contribution in [0.2, 0.25) is 0 Å². The van der Waals surface area contributed by atoms with Gasteiger partial charge in [-0.25, -0.2) is 9.67 Å². The Bertz CT molecular complexity index is 1030. The number of aromatic nitrogens is 4. The van der Waals surface area contributed by atoms with Gasteiger partial charge in [0.2, 0.25) is 5.88 Å². The van der Waals surface area contributed by atoms with Gasteiger partial charge in [0, 0.05) is 18.6 Å². The summed E-state index contributed by atoms with van der Waals surface area (Å²) in [6, 6.07) is 21.2. The second-order valence-electron chi connectivity index (χ2n) is 6.01. The Balaban J connectivity index is 1.63. The molecule has 4 aromatic rings. The fourth-order valence-corrected chi connectivity index (χ4v) is 2.83. The van der Waals surface area contributed by atoms with Gasteiger partial charge in [0.15, 0.2) is 0 Å². The molecule has 0 saturated carbocycles. The maximum atomic E-state index is 12.8. The van der Waals surface area contributed by atoms with Crippen LogP contribution in [0.1, 0.15) is 27.5 Å². The van der Waals surface area contributed by atoms with Crippen LogP contribution in [0.25, 0.3) is 5.95 Å². The number of carbonyl (C=O) groups is 1. The summed E-state index contributed by atoms with van der Waals surface area (Å²) in [7, 11) is 0. The number of benzene rings is 2. The number of aromatic hydroxyl groups is 1. The molecule has 0 spiro atoms. The van der Waals surface area contributed by atoms with Crippen molar-refractivity contribution in [2.45, 2.75) is 6.04 Å². The fraction of sp³-hybridized carbons (Fsp3) is 0.0476. The molecule has 1 amide bonds. The van der Waals surface area contributed by atoms with E-state index in [4.69, 9.17) is 0 Å². The summed E-state index contributed by atoms with van der Waals surface area (Å²) in [5.74, 6) is -0.713. The minimum Gasteiger partial charge on any atom is -0.493 e. The second kappa shape index (κ2) is 7.71. The Morgan fingerprint density at radius 1 is 1.07 bits per heavy atom. The van der Waals surface area contributed by atoms with Crippen molar-refractivity contribution in [3.63, 3.8) is 0 Å². The Labute approximate surface area is 161 Å². The van der Waals surface area contributed by atoms with Crippen LogP contribution in [0.15, 0.2) is 79.3 Å². The SMILES string of the molecule is O=C(N[C@H](c1cc[c]cc1)c1ccccc1)c1cnc(-n2cccn2)nc1O. The van der Waals surface area contributed by atoms with E-state index >= 15 is 0 Å². The number of nitrogens with one attached hydrogen (secondary N) is 1. The first-order valence-electron chi connectivity index (χ1n) is 8.60. The number of rotatable bonds is 5. The summed E-state index contributed by atoms with van der Waals surface area (Å²) < 4.78 is 1.40. The molecule has 0 aliphatic rings. The van der Waals surface area contributed by atoms with E-state index in [2.05, 4.69) is 26.4 Å². The molecule has 0 bridgehead atoms. The third kappa shape index (κ3) is 3.59. The van der Waals surface area contributed by atoms with Gasteiger partial charge in [-0.1, -0.05) is 54.6 Å². The van der Waals surface area contributed by atoms with Gasteiger partial charge in [0.25, 0.3) is 11.9 Å². The first-order chi connectivity index (χ1) is 13.7. The molecule has 0 aliphatic heterocycles. The number of amides is 1. The van der Waals surface area contributed by atoms with Gasteiger partial charge in [0.1, 0.15) is 5.56 Å². The van der Waals surface area contributed by atoms with E-state index in [1.165, 1.54) is 10.9 Å². The van der Waals surface area contributed by atoms with Gasteiger partial charge in [-0.05, 0) is 23.3 Å². The standard InChI is InChI=1S/C21H16N5O2/c27-19(17-14-22-21(25-20(17)28)26-13-7-12-23-26)24-18(15-8-3-1-4-9-15)16-10-5-2-6-11-16/h1,3-14,18H,(H,24,27)(H,22,25,28)/t18-/m0/s1. The lowest BCUT2D eigenvalue weighted by atomic mass is 9.98. The second-order valence-corrected chi connectivity index (χ2v) is 6.01. The Kier molecular flexibility index (Phi) is 4.79. The molecule has 2 aromatic carbocycles. The molecule has 2 aromatic heterocycles. The summed E-state index contributed by atoms with van der Waals surface area (Å²) in [6.45, 7) is 0. The number of hydrogen-bond donors (Lipinski definition) is 2. The zero-order valence-corrected chi connectivity index (χ0v) is 14.7. The Morgan fingerprint density at radius 2 is 1.82 bits per heavy atom. The van der Waals surface area contributed by atoms with Gasteiger partial charge in [-0.15, -0.1) is 0 Å². The first kappa shape index (κ1) is 17.4. The number of nitrogens with zero attached hydrogens (tertiary/aromatic N) is 4. The average molecular weight is 370 g/mol. The molecular formula is C21H16N5O2. The van der Waals surface area contributed by atoms with E-state index in [0.717, 1.165) is 11.1 Å². The molecule has 4 rings (SSSR count). The molecule has 0 saturated heterocycles. The molecule has 137 valence electrons. The van der Waals surface area contributed by atoms with Crippen LogP contribution in [0.5, 0.6) is 5.88 Å². The highest BCUT2D eigenvalue weighted by molar-refractivity contribution is 5.96. The van der Waals surface area contributed by atoms with Crippen LogP contribution in [0, 0.1) is 6.07 Å². The monoisotopic (exact) mass is 370 g/mol. The molecule has 7 nitrogen and oxygen atoms in total. The quantitative estimate of drug-likeness (QED) is 0.563. The van der Waals surface area contributed by atoms with Crippen LogP contribution in [0.4, 0.5) is 0 Å². The van der Waals surface area contributed by atoms with Crippen molar-refractivity contribution in [3.8, 4) is 11.8 Å². The van der Waals surface area contributed by atoms with E-state index in [-0.39, 0.29) is 11.5 Å². The predicted molar refractivity (Wildman–Crippen MR) is 102 cm³/mol.